The van der Waals surface area contributed by atoms with E-state index in [4.69, 9.17) is 21.1 Å². The smallest absolute Gasteiger partial charge is 0.180 e. The van der Waals surface area contributed by atoms with Crippen LogP contribution in [0, 0.1) is 0 Å². The van der Waals surface area contributed by atoms with Crippen LogP contribution in [0.4, 0.5) is 0 Å². The first-order valence-corrected chi connectivity index (χ1v) is 9.35. The van der Waals surface area contributed by atoms with Crippen molar-refractivity contribution >= 4 is 11.6 Å². The first kappa shape index (κ1) is 19.2. The Kier molecular flexibility index (Phi) is 7.08. The standard InChI is InChI=1S/C22H23ClN2O2/c1-2-26-21-13-19(15-25-14-17-8-10-24-11-9-17)12-20(23)22(21)27-16-18-6-4-3-5-7-18/h3-13,25H,2,14-16H2,1H3. The number of aromatic nitrogens is 1. The average molecular weight is 383 g/mol. The van der Waals surface area contributed by atoms with Crippen LogP contribution < -0.4 is 14.8 Å². The first-order valence-electron chi connectivity index (χ1n) is 8.98. The molecule has 0 unspecified atom stereocenters. The molecule has 2 aromatic carbocycles. The van der Waals surface area contributed by atoms with Crippen LogP contribution >= 0.6 is 11.6 Å². The topological polar surface area (TPSA) is 43.4 Å². The summed E-state index contributed by atoms with van der Waals surface area (Å²) < 4.78 is 11.7. The fourth-order valence-electron chi connectivity index (χ4n) is 2.71. The molecule has 0 saturated heterocycles. The highest BCUT2D eigenvalue weighted by molar-refractivity contribution is 6.32. The predicted molar refractivity (Wildman–Crippen MR) is 108 cm³/mol. The van der Waals surface area contributed by atoms with Crippen LogP contribution in [0.5, 0.6) is 11.5 Å². The summed E-state index contributed by atoms with van der Waals surface area (Å²) in [6, 6.07) is 17.9. The van der Waals surface area contributed by atoms with Crippen molar-refractivity contribution in [3.8, 4) is 11.5 Å². The van der Waals surface area contributed by atoms with Gasteiger partial charge >= 0.3 is 0 Å². The summed E-state index contributed by atoms with van der Waals surface area (Å²) in [5, 5.41) is 3.96. The molecule has 0 radical (unpaired) electrons. The van der Waals surface area contributed by atoms with Gasteiger partial charge in [0, 0.05) is 25.5 Å². The number of rotatable bonds is 9. The predicted octanol–water partition coefficient (Wildman–Crippen LogP) is 5.00. The second-order valence-corrected chi connectivity index (χ2v) is 6.48. The van der Waals surface area contributed by atoms with Gasteiger partial charge in [0.1, 0.15) is 6.61 Å². The molecule has 0 atom stereocenters. The third-order valence-electron chi connectivity index (χ3n) is 4.00. The number of halogens is 1. The fraction of sp³-hybridized carbons (Fsp3) is 0.227. The Bertz CT molecular complexity index is 842. The molecule has 0 fully saturated rings. The van der Waals surface area contributed by atoms with Crippen molar-refractivity contribution in [1.29, 1.82) is 0 Å². The molecule has 27 heavy (non-hydrogen) atoms. The number of pyridine rings is 1. The summed E-state index contributed by atoms with van der Waals surface area (Å²) in [6.45, 7) is 4.38. The molecule has 0 aliphatic rings. The van der Waals surface area contributed by atoms with E-state index in [-0.39, 0.29) is 0 Å². The lowest BCUT2D eigenvalue weighted by Gasteiger charge is -2.16. The molecule has 0 saturated carbocycles. The van der Waals surface area contributed by atoms with E-state index in [1.54, 1.807) is 12.4 Å². The summed E-state index contributed by atoms with van der Waals surface area (Å²) >= 11 is 6.49. The molecular formula is C22H23ClN2O2. The van der Waals surface area contributed by atoms with Gasteiger partial charge in [-0.2, -0.15) is 0 Å². The van der Waals surface area contributed by atoms with Gasteiger partial charge < -0.3 is 14.8 Å². The largest absolute Gasteiger partial charge is 0.490 e. The zero-order chi connectivity index (χ0) is 18.9. The van der Waals surface area contributed by atoms with Crippen molar-refractivity contribution in [2.75, 3.05) is 6.61 Å². The van der Waals surface area contributed by atoms with Crippen LogP contribution in [-0.2, 0) is 19.7 Å². The molecule has 0 aliphatic carbocycles. The molecule has 5 heteroatoms. The van der Waals surface area contributed by atoms with Gasteiger partial charge in [0.05, 0.1) is 11.6 Å². The highest BCUT2D eigenvalue weighted by atomic mass is 35.5. The Morgan fingerprint density at radius 1 is 0.889 bits per heavy atom. The SMILES string of the molecule is CCOc1cc(CNCc2ccncc2)cc(Cl)c1OCc1ccccc1. The van der Waals surface area contributed by atoms with Crippen LogP contribution in [0.2, 0.25) is 5.02 Å². The van der Waals surface area contributed by atoms with Crippen LogP contribution in [0.15, 0.2) is 67.0 Å². The molecule has 0 spiro atoms. The third-order valence-corrected chi connectivity index (χ3v) is 4.28. The highest BCUT2D eigenvalue weighted by Gasteiger charge is 2.13. The van der Waals surface area contributed by atoms with Crippen molar-refractivity contribution in [1.82, 2.24) is 10.3 Å². The Hall–Kier alpha value is -2.56. The van der Waals surface area contributed by atoms with Gasteiger partial charge in [-0.3, -0.25) is 4.98 Å². The van der Waals surface area contributed by atoms with Crippen LogP contribution in [0.3, 0.4) is 0 Å². The summed E-state index contributed by atoms with van der Waals surface area (Å²) in [5.74, 6) is 1.25. The number of ether oxygens (including phenoxy) is 2. The molecule has 3 rings (SSSR count). The normalized spacial score (nSPS) is 10.6. The molecular weight excluding hydrogens is 360 g/mol. The molecule has 0 amide bonds. The van der Waals surface area contributed by atoms with E-state index in [1.807, 2.05) is 61.5 Å². The Morgan fingerprint density at radius 2 is 1.63 bits per heavy atom. The fourth-order valence-corrected chi connectivity index (χ4v) is 3.00. The maximum Gasteiger partial charge on any atom is 0.180 e. The minimum Gasteiger partial charge on any atom is -0.490 e. The number of hydrogen-bond donors (Lipinski definition) is 1. The van der Waals surface area contributed by atoms with Gasteiger partial charge in [-0.15, -0.1) is 0 Å². The quantitative estimate of drug-likeness (QED) is 0.565. The van der Waals surface area contributed by atoms with Crippen LogP contribution in [-0.4, -0.2) is 11.6 Å². The van der Waals surface area contributed by atoms with Crippen LogP contribution in [0.1, 0.15) is 23.6 Å². The highest BCUT2D eigenvalue weighted by Crippen LogP contribution is 2.37. The summed E-state index contributed by atoms with van der Waals surface area (Å²) in [4.78, 5) is 4.03. The third kappa shape index (κ3) is 5.71. The maximum atomic E-state index is 6.49. The number of nitrogens with zero attached hydrogens (tertiary/aromatic N) is 1. The molecule has 140 valence electrons. The number of benzene rings is 2. The lowest BCUT2D eigenvalue weighted by Crippen LogP contribution is -2.13. The minimum atomic E-state index is 0.445. The van der Waals surface area contributed by atoms with E-state index in [2.05, 4.69) is 10.3 Å². The van der Waals surface area contributed by atoms with E-state index in [9.17, 15) is 0 Å². The molecule has 4 nitrogen and oxygen atoms in total. The zero-order valence-corrected chi connectivity index (χ0v) is 16.1. The van der Waals surface area contributed by atoms with E-state index in [0.717, 1.165) is 17.7 Å². The average Bonchev–Trinajstić information content (AvgIpc) is 2.69. The van der Waals surface area contributed by atoms with Crippen molar-refractivity contribution in [3.63, 3.8) is 0 Å². The van der Waals surface area contributed by atoms with Gasteiger partial charge in [0.25, 0.3) is 0 Å². The maximum absolute atomic E-state index is 6.49. The van der Waals surface area contributed by atoms with Gasteiger partial charge in [-0.05, 0) is 47.9 Å². The van der Waals surface area contributed by atoms with Crippen molar-refractivity contribution < 1.29 is 9.47 Å². The van der Waals surface area contributed by atoms with E-state index < -0.39 is 0 Å². The van der Waals surface area contributed by atoms with Gasteiger partial charge in [0.15, 0.2) is 11.5 Å². The molecule has 0 aliphatic heterocycles. The van der Waals surface area contributed by atoms with E-state index in [0.29, 0.717) is 36.3 Å². The molecule has 3 aromatic rings. The van der Waals surface area contributed by atoms with Crippen LogP contribution in [0.25, 0.3) is 0 Å². The monoisotopic (exact) mass is 382 g/mol. The summed E-state index contributed by atoms with van der Waals surface area (Å²) in [5.41, 5.74) is 3.31. The van der Waals surface area contributed by atoms with Gasteiger partial charge in [-0.1, -0.05) is 41.9 Å². The minimum absolute atomic E-state index is 0.445. The first-order chi connectivity index (χ1) is 13.3. The Labute approximate surface area is 165 Å². The van der Waals surface area contributed by atoms with Crippen molar-refractivity contribution in [2.45, 2.75) is 26.6 Å². The Morgan fingerprint density at radius 3 is 2.37 bits per heavy atom. The molecule has 1 heterocycles. The van der Waals surface area contributed by atoms with Gasteiger partial charge in [-0.25, -0.2) is 0 Å². The van der Waals surface area contributed by atoms with E-state index in [1.165, 1.54) is 5.56 Å². The summed E-state index contributed by atoms with van der Waals surface area (Å²) in [6.07, 6.45) is 3.58. The van der Waals surface area contributed by atoms with E-state index >= 15 is 0 Å². The number of nitrogens with one attached hydrogen (secondary N) is 1. The summed E-state index contributed by atoms with van der Waals surface area (Å²) in [7, 11) is 0. The zero-order valence-electron chi connectivity index (χ0n) is 15.3. The van der Waals surface area contributed by atoms with Gasteiger partial charge in [0.2, 0.25) is 0 Å². The molecule has 1 aromatic heterocycles. The lowest BCUT2D eigenvalue weighted by molar-refractivity contribution is 0.269. The second kappa shape index (κ2) is 9.95. The van der Waals surface area contributed by atoms with Crippen molar-refractivity contribution in [3.05, 3.63) is 88.7 Å². The lowest BCUT2D eigenvalue weighted by atomic mass is 10.2. The molecule has 0 bridgehead atoms. The molecule has 1 N–H and O–H groups in total. The second-order valence-electron chi connectivity index (χ2n) is 6.07. The Balaban J connectivity index is 1.67. The number of hydrogen-bond acceptors (Lipinski definition) is 4. The van der Waals surface area contributed by atoms with Crippen molar-refractivity contribution in [2.24, 2.45) is 0 Å².